The van der Waals surface area contributed by atoms with Crippen molar-refractivity contribution in [2.75, 3.05) is 5.43 Å². The highest BCUT2D eigenvalue weighted by Gasteiger charge is 2.14. The second-order valence-corrected chi connectivity index (χ2v) is 10.7. The number of anilines is 1. The summed E-state index contributed by atoms with van der Waals surface area (Å²) in [6.45, 7) is 6.76. The number of hydrogen-bond donors (Lipinski definition) is 2. The molecule has 3 heterocycles. The fourth-order valence-electron chi connectivity index (χ4n) is 3.60. The molecule has 3 aromatic heterocycles. The van der Waals surface area contributed by atoms with Crippen molar-refractivity contribution in [3.05, 3.63) is 87.6 Å². The Bertz CT molecular complexity index is 1630. The van der Waals surface area contributed by atoms with Crippen molar-refractivity contribution in [1.82, 2.24) is 40.1 Å². The zero-order chi connectivity index (χ0) is 30.6. The van der Waals surface area contributed by atoms with E-state index in [-0.39, 0.29) is 18.0 Å². The van der Waals surface area contributed by atoms with Crippen LogP contribution >= 0.6 is 31.9 Å². The molecule has 0 radical (unpaired) electrons. The van der Waals surface area contributed by atoms with Crippen molar-refractivity contribution in [2.45, 2.75) is 34.1 Å². The number of halogens is 2. The molecule has 2 aromatic carbocycles. The summed E-state index contributed by atoms with van der Waals surface area (Å²) in [7, 11) is 0. The van der Waals surface area contributed by atoms with E-state index in [1.165, 1.54) is 26.5 Å². The smallest absolute Gasteiger partial charge is 0.183 e. The van der Waals surface area contributed by atoms with Gasteiger partial charge in [0.2, 0.25) is 0 Å². The van der Waals surface area contributed by atoms with Crippen LogP contribution in [0.1, 0.15) is 31.7 Å². The number of nitrogens with zero attached hydrogens (tertiary/aromatic N) is 8. The van der Waals surface area contributed by atoms with E-state index in [0.29, 0.717) is 23.0 Å². The number of nitrogens with two attached hydrogens (primary N) is 1. The van der Waals surface area contributed by atoms with Gasteiger partial charge >= 0.3 is 0 Å². The van der Waals surface area contributed by atoms with Crippen LogP contribution in [0.25, 0.3) is 28.3 Å². The van der Waals surface area contributed by atoms with Crippen molar-refractivity contribution < 1.29 is 9.59 Å². The average Bonchev–Trinajstić information content (AvgIpc) is 3.31. The number of aromatic nitrogens is 8. The first-order valence-electron chi connectivity index (χ1n) is 12.5. The van der Waals surface area contributed by atoms with E-state index in [9.17, 15) is 9.59 Å². The molecule has 0 bridgehead atoms. The van der Waals surface area contributed by atoms with Gasteiger partial charge in [-0.2, -0.15) is 5.10 Å². The predicted octanol–water partition coefficient (Wildman–Crippen LogP) is 5.24. The maximum absolute atomic E-state index is 10.0. The van der Waals surface area contributed by atoms with Crippen molar-refractivity contribution in [3.63, 3.8) is 0 Å². The number of rotatable bonds is 6. The van der Waals surface area contributed by atoms with Crippen LogP contribution in [-0.2, 0) is 9.59 Å². The normalized spacial score (nSPS) is 10.1. The summed E-state index contributed by atoms with van der Waals surface area (Å²) in [5.41, 5.74) is 7.66. The quantitative estimate of drug-likeness (QED) is 0.135. The molecule has 0 unspecified atom stereocenters. The molecule has 0 amide bonds. The molecule has 14 heteroatoms. The van der Waals surface area contributed by atoms with Crippen LogP contribution < -0.4 is 11.3 Å². The van der Waals surface area contributed by atoms with E-state index in [2.05, 4.69) is 72.7 Å². The Morgan fingerprint density at radius 3 is 1.76 bits per heavy atom. The average molecular weight is 696 g/mol. The number of benzene rings is 2. The molecule has 12 nitrogen and oxygen atoms in total. The van der Waals surface area contributed by atoms with Gasteiger partial charge in [-0.25, -0.2) is 20.5 Å². The minimum Gasteiger partial charge on any atom is -0.307 e. The van der Waals surface area contributed by atoms with Gasteiger partial charge in [-0.15, -0.1) is 20.4 Å². The van der Waals surface area contributed by atoms with Crippen molar-refractivity contribution >= 4 is 49.2 Å². The SMILES string of the molecule is CC(=O)CC(C)=O.Cc1cc(C)n(-c2ncnnc2-c2ccc(Br)cc2)n1.NNc1ncnnc1-c1ccc(Br)cc1. The third kappa shape index (κ3) is 9.39. The Morgan fingerprint density at radius 2 is 1.31 bits per heavy atom. The maximum Gasteiger partial charge on any atom is 0.183 e. The highest BCUT2D eigenvalue weighted by atomic mass is 79.9. The van der Waals surface area contributed by atoms with Gasteiger partial charge in [-0.3, -0.25) is 9.59 Å². The second kappa shape index (κ2) is 15.7. The van der Waals surface area contributed by atoms with Crippen LogP contribution in [0.15, 0.2) is 76.2 Å². The molecule has 42 heavy (non-hydrogen) atoms. The minimum atomic E-state index is -0.0625. The van der Waals surface area contributed by atoms with Gasteiger partial charge in [0.15, 0.2) is 11.6 Å². The fourth-order valence-corrected chi connectivity index (χ4v) is 4.13. The van der Waals surface area contributed by atoms with Crippen molar-refractivity contribution in [3.8, 4) is 28.3 Å². The Morgan fingerprint density at radius 1 is 0.810 bits per heavy atom. The van der Waals surface area contributed by atoms with E-state index >= 15 is 0 Å². The predicted molar refractivity (Wildman–Crippen MR) is 166 cm³/mol. The molecule has 0 spiro atoms. The lowest BCUT2D eigenvalue weighted by Gasteiger charge is -2.08. The number of nitrogens with one attached hydrogen (secondary N) is 1. The van der Waals surface area contributed by atoms with Gasteiger partial charge in [0, 0.05) is 25.8 Å². The molecule has 0 aliphatic rings. The molecule has 0 aliphatic carbocycles. The minimum absolute atomic E-state index is 0.0625. The number of aryl methyl sites for hydroxylation is 2. The van der Waals surface area contributed by atoms with E-state index in [4.69, 9.17) is 5.84 Å². The van der Waals surface area contributed by atoms with Gasteiger partial charge in [-0.1, -0.05) is 56.1 Å². The third-order valence-corrected chi connectivity index (χ3v) is 6.36. The first-order valence-corrected chi connectivity index (χ1v) is 14.0. The Hall–Kier alpha value is -4.27. The lowest BCUT2D eigenvalue weighted by atomic mass is 10.1. The van der Waals surface area contributed by atoms with Crippen LogP contribution in [0, 0.1) is 13.8 Å². The lowest BCUT2D eigenvalue weighted by molar-refractivity contribution is -0.124. The molecule has 0 saturated carbocycles. The van der Waals surface area contributed by atoms with Crippen LogP contribution in [0.4, 0.5) is 5.82 Å². The van der Waals surface area contributed by atoms with Crippen LogP contribution in [0.5, 0.6) is 0 Å². The van der Waals surface area contributed by atoms with Crippen LogP contribution in [0.2, 0.25) is 0 Å². The summed E-state index contributed by atoms with van der Waals surface area (Å²) in [5.74, 6) is 6.40. The molecular formula is C28H28Br2N10O2. The zero-order valence-electron chi connectivity index (χ0n) is 23.3. The number of nitrogen functional groups attached to an aromatic ring is 1. The number of carbonyl (C=O) groups excluding carboxylic acids is 2. The molecule has 0 saturated heterocycles. The number of carbonyl (C=O) groups is 2. The fraction of sp³-hybridized carbons (Fsp3) is 0.179. The monoisotopic (exact) mass is 694 g/mol. The van der Waals surface area contributed by atoms with E-state index < -0.39 is 0 Å². The first kappa shape index (κ1) is 32.2. The van der Waals surface area contributed by atoms with Crippen molar-refractivity contribution in [1.29, 1.82) is 0 Å². The Balaban J connectivity index is 0.000000194. The molecule has 5 rings (SSSR count). The molecule has 216 valence electrons. The molecule has 5 aromatic rings. The largest absolute Gasteiger partial charge is 0.307 e. The summed E-state index contributed by atoms with van der Waals surface area (Å²) in [5, 5.41) is 20.3. The zero-order valence-corrected chi connectivity index (χ0v) is 26.5. The van der Waals surface area contributed by atoms with Crippen LogP contribution in [0.3, 0.4) is 0 Å². The van der Waals surface area contributed by atoms with E-state index in [1.54, 1.807) is 4.68 Å². The Kier molecular flexibility index (Phi) is 12.0. The first-order chi connectivity index (χ1) is 20.1. The number of Topliss-reactive ketones (excluding diaryl/α,β-unsaturated/α-hetero) is 2. The number of ketones is 2. The molecule has 0 atom stereocenters. The molecule has 0 aliphatic heterocycles. The summed E-state index contributed by atoms with van der Waals surface area (Å²) in [4.78, 5) is 28.4. The van der Waals surface area contributed by atoms with E-state index in [0.717, 1.165) is 31.5 Å². The van der Waals surface area contributed by atoms with Gasteiger partial charge in [0.1, 0.15) is 35.6 Å². The van der Waals surface area contributed by atoms with E-state index in [1.807, 2.05) is 68.4 Å². The number of hydrogen-bond acceptors (Lipinski definition) is 11. The van der Waals surface area contributed by atoms with Gasteiger partial charge in [0.05, 0.1) is 12.1 Å². The molecule has 0 fully saturated rings. The topological polar surface area (TPSA) is 167 Å². The maximum atomic E-state index is 10.0. The van der Waals surface area contributed by atoms with Gasteiger partial charge < -0.3 is 5.43 Å². The third-order valence-electron chi connectivity index (χ3n) is 5.30. The summed E-state index contributed by atoms with van der Waals surface area (Å²) in [6.07, 6.45) is 2.87. The summed E-state index contributed by atoms with van der Waals surface area (Å²) in [6, 6.07) is 17.6. The summed E-state index contributed by atoms with van der Waals surface area (Å²) >= 11 is 6.79. The summed E-state index contributed by atoms with van der Waals surface area (Å²) < 4.78 is 3.82. The molecular weight excluding hydrogens is 668 g/mol. The Labute approximate surface area is 259 Å². The van der Waals surface area contributed by atoms with Crippen molar-refractivity contribution in [2.24, 2.45) is 5.84 Å². The molecule has 3 N–H and O–H groups in total. The van der Waals surface area contributed by atoms with Gasteiger partial charge in [0.25, 0.3) is 0 Å². The standard InChI is InChI=1S/C14H12BrN5.C9H8BrN5.C5H8O2/c1-9-7-10(2)20(19-9)14-13(18-17-8-16-14)11-3-5-12(15)6-4-11;10-7-3-1-6(2-4-7)8-9(14-11)12-5-13-15-8;1-4(6)3-5(2)7/h3-8H,1-2H3;1-5H,11H2,(H,12,13,14);3H2,1-2H3. The van der Waals surface area contributed by atoms with Gasteiger partial charge in [-0.05, 0) is 58.0 Å². The van der Waals surface area contributed by atoms with Crippen LogP contribution in [-0.4, -0.2) is 51.7 Å². The number of hydrazine groups is 1. The second-order valence-electron chi connectivity index (χ2n) is 8.87. The lowest BCUT2D eigenvalue weighted by Crippen LogP contribution is -2.11. The highest BCUT2D eigenvalue weighted by Crippen LogP contribution is 2.25. The highest BCUT2D eigenvalue weighted by molar-refractivity contribution is 9.10.